The lowest BCUT2D eigenvalue weighted by atomic mass is 10.2. The van der Waals surface area contributed by atoms with Crippen molar-refractivity contribution in [3.05, 3.63) is 59.3 Å². The molecule has 0 unspecified atom stereocenters. The molecule has 1 amide bonds. The Bertz CT molecular complexity index is 913. The third-order valence-corrected chi connectivity index (χ3v) is 3.70. The number of benzene rings is 1. The minimum Gasteiger partial charge on any atom is -0.488 e. The van der Waals surface area contributed by atoms with E-state index in [2.05, 4.69) is 10.3 Å². The Morgan fingerprint density at radius 2 is 2.16 bits per heavy atom. The molecule has 0 bridgehead atoms. The number of carbonyl (C=O) groups is 1. The Kier molecular flexibility index (Phi) is 5.16. The Labute approximate surface area is 148 Å². The highest BCUT2D eigenvalue weighted by atomic mass is 35.5. The van der Waals surface area contributed by atoms with E-state index in [9.17, 15) is 9.18 Å². The van der Waals surface area contributed by atoms with Crippen molar-refractivity contribution in [3.63, 3.8) is 0 Å². The van der Waals surface area contributed by atoms with Crippen LogP contribution < -0.4 is 10.1 Å². The van der Waals surface area contributed by atoms with Crippen LogP contribution in [0.5, 0.6) is 5.75 Å². The van der Waals surface area contributed by atoms with Crippen molar-refractivity contribution in [2.75, 3.05) is 25.6 Å². The Hall–Kier alpha value is -2.64. The highest BCUT2D eigenvalue weighted by Crippen LogP contribution is 2.23. The predicted octanol–water partition coefficient (Wildman–Crippen LogP) is 3.40. The third-order valence-electron chi connectivity index (χ3n) is 3.44. The maximum atomic E-state index is 14.0. The van der Waals surface area contributed by atoms with E-state index < -0.39 is 11.7 Å². The van der Waals surface area contributed by atoms with Crippen molar-refractivity contribution in [2.24, 2.45) is 0 Å². The zero-order chi connectivity index (χ0) is 17.8. The monoisotopic (exact) mass is 363 g/mol. The van der Waals surface area contributed by atoms with Crippen LogP contribution in [0.25, 0.3) is 5.65 Å². The normalized spacial score (nSPS) is 10.8. The van der Waals surface area contributed by atoms with E-state index in [1.54, 1.807) is 34.9 Å². The number of rotatable bonds is 6. The molecule has 2 heterocycles. The molecular weight excluding hydrogens is 349 g/mol. The van der Waals surface area contributed by atoms with Gasteiger partial charge >= 0.3 is 0 Å². The molecule has 1 N–H and O–H groups in total. The molecular formula is C17H15ClFN3O3. The summed E-state index contributed by atoms with van der Waals surface area (Å²) in [6.45, 7) is 0.585. The Balaban J connectivity index is 1.78. The van der Waals surface area contributed by atoms with E-state index in [0.29, 0.717) is 12.3 Å². The minimum absolute atomic E-state index is 0.0729. The maximum Gasteiger partial charge on any atom is 0.275 e. The lowest BCUT2D eigenvalue weighted by Crippen LogP contribution is -2.15. The van der Waals surface area contributed by atoms with Crippen molar-refractivity contribution in [1.29, 1.82) is 0 Å². The van der Waals surface area contributed by atoms with Crippen LogP contribution in [-0.4, -0.2) is 35.6 Å². The summed E-state index contributed by atoms with van der Waals surface area (Å²) in [5, 5.41) is 2.68. The molecule has 1 aromatic carbocycles. The first-order valence-electron chi connectivity index (χ1n) is 7.45. The van der Waals surface area contributed by atoms with Gasteiger partial charge in [-0.15, -0.1) is 0 Å². The summed E-state index contributed by atoms with van der Waals surface area (Å²) in [5.41, 5.74) is 1.01. The molecule has 0 spiro atoms. The molecule has 130 valence electrons. The van der Waals surface area contributed by atoms with Gasteiger partial charge in [-0.3, -0.25) is 9.20 Å². The molecule has 3 aromatic rings. The number of methoxy groups -OCH3 is 1. The number of hydrogen-bond donors (Lipinski definition) is 1. The largest absolute Gasteiger partial charge is 0.488 e. The van der Waals surface area contributed by atoms with Gasteiger partial charge in [-0.1, -0.05) is 17.7 Å². The number of aromatic nitrogens is 2. The van der Waals surface area contributed by atoms with E-state index in [-0.39, 0.29) is 28.9 Å². The summed E-state index contributed by atoms with van der Waals surface area (Å²) in [6, 6.07) is 9.44. The van der Waals surface area contributed by atoms with Crippen LogP contribution in [0, 0.1) is 5.82 Å². The quantitative estimate of drug-likeness (QED) is 0.682. The number of pyridine rings is 1. The number of nitrogens with one attached hydrogen (secondary N) is 1. The Morgan fingerprint density at radius 1 is 1.32 bits per heavy atom. The van der Waals surface area contributed by atoms with Crippen LogP contribution in [0.15, 0.2) is 42.6 Å². The second-order valence-electron chi connectivity index (χ2n) is 5.12. The van der Waals surface area contributed by atoms with Crippen LogP contribution in [0.3, 0.4) is 0 Å². The molecule has 2 aromatic heterocycles. The minimum atomic E-state index is -0.585. The van der Waals surface area contributed by atoms with Crippen molar-refractivity contribution in [2.45, 2.75) is 0 Å². The van der Waals surface area contributed by atoms with Crippen LogP contribution in [0.2, 0.25) is 5.15 Å². The molecule has 6 nitrogen and oxygen atoms in total. The molecule has 0 aliphatic carbocycles. The van der Waals surface area contributed by atoms with Crippen molar-refractivity contribution in [3.8, 4) is 5.75 Å². The molecule has 8 heteroatoms. The van der Waals surface area contributed by atoms with E-state index in [0.717, 1.165) is 0 Å². The van der Waals surface area contributed by atoms with Crippen LogP contribution in [0.4, 0.5) is 10.1 Å². The molecule has 0 saturated heterocycles. The van der Waals surface area contributed by atoms with Crippen LogP contribution >= 0.6 is 11.6 Å². The number of anilines is 1. The van der Waals surface area contributed by atoms with E-state index >= 15 is 0 Å². The van der Waals surface area contributed by atoms with Gasteiger partial charge in [-0.2, -0.15) is 0 Å². The van der Waals surface area contributed by atoms with Gasteiger partial charge in [0.2, 0.25) is 0 Å². The zero-order valence-electron chi connectivity index (χ0n) is 13.3. The number of amides is 1. The highest BCUT2D eigenvalue weighted by molar-refractivity contribution is 6.33. The highest BCUT2D eigenvalue weighted by Gasteiger charge is 2.18. The van der Waals surface area contributed by atoms with Gasteiger partial charge < -0.3 is 14.8 Å². The van der Waals surface area contributed by atoms with Crippen molar-refractivity contribution < 1.29 is 18.7 Å². The van der Waals surface area contributed by atoms with Crippen LogP contribution in [0.1, 0.15) is 10.5 Å². The van der Waals surface area contributed by atoms with Gasteiger partial charge in [0.15, 0.2) is 22.4 Å². The summed E-state index contributed by atoms with van der Waals surface area (Å²) in [4.78, 5) is 16.6. The topological polar surface area (TPSA) is 64.9 Å². The average molecular weight is 364 g/mol. The smallest absolute Gasteiger partial charge is 0.275 e. The van der Waals surface area contributed by atoms with E-state index in [1.165, 1.54) is 19.2 Å². The number of imidazole rings is 1. The predicted molar refractivity (Wildman–Crippen MR) is 91.9 cm³/mol. The number of nitrogens with zero attached hydrogens (tertiary/aromatic N) is 2. The van der Waals surface area contributed by atoms with Gasteiger partial charge in [0.05, 0.1) is 6.61 Å². The summed E-state index contributed by atoms with van der Waals surface area (Å²) in [5.74, 6) is -0.989. The fraction of sp³-hybridized carbons (Fsp3) is 0.176. The van der Waals surface area contributed by atoms with Gasteiger partial charge in [0.25, 0.3) is 5.91 Å². The lowest BCUT2D eigenvalue weighted by Gasteiger charge is -2.09. The van der Waals surface area contributed by atoms with Gasteiger partial charge in [0, 0.05) is 25.1 Å². The summed E-state index contributed by atoms with van der Waals surface area (Å²) in [6.07, 6.45) is 1.68. The standard InChI is InChI=1S/C17H15ClFN3O3/c1-24-8-9-25-13-6-5-11(10-12(13)19)20-17(23)15-16(18)21-14-4-2-3-7-22(14)15/h2-7,10H,8-9H2,1H3,(H,20,23). The zero-order valence-corrected chi connectivity index (χ0v) is 14.1. The summed E-state index contributed by atoms with van der Waals surface area (Å²) in [7, 11) is 1.53. The maximum absolute atomic E-state index is 14.0. The van der Waals surface area contributed by atoms with Crippen molar-refractivity contribution >= 4 is 28.8 Å². The first-order valence-corrected chi connectivity index (χ1v) is 7.83. The second kappa shape index (κ2) is 7.50. The summed E-state index contributed by atoms with van der Waals surface area (Å²) < 4.78 is 25.7. The SMILES string of the molecule is COCCOc1ccc(NC(=O)c2c(Cl)nc3ccccn23)cc1F. The first-order chi connectivity index (χ1) is 12.1. The van der Waals surface area contributed by atoms with Gasteiger partial charge in [-0.25, -0.2) is 9.37 Å². The number of hydrogen-bond acceptors (Lipinski definition) is 4. The van der Waals surface area contributed by atoms with Gasteiger partial charge in [0.1, 0.15) is 12.3 Å². The number of ether oxygens (including phenoxy) is 2. The van der Waals surface area contributed by atoms with Gasteiger partial charge in [-0.05, 0) is 24.3 Å². The average Bonchev–Trinajstić information content (AvgIpc) is 2.92. The van der Waals surface area contributed by atoms with E-state index in [4.69, 9.17) is 21.1 Å². The fourth-order valence-corrected chi connectivity index (χ4v) is 2.55. The lowest BCUT2D eigenvalue weighted by molar-refractivity contribution is 0.102. The number of halogens is 2. The first kappa shape index (κ1) is 17.2. The number of fused-ring (bicyclic) bond motifs is 1. The third kappa shape index (κ3) is 3.72. The molecule has 0 saturated carbocycles. The fourth-order valence-electron chi connectivity index (χ4n) is 2.29. The molecule has 0 fully saturated rings. The molecule has 3 rings (SSSR count). The number of carbonyl (C=O) groups excluding carboxylic acids is 1. The molecule has 0 aliphatic rings. The van der Waals surface area contributed by atoms with Crippen LogP contribution in [-0.2, 0) is 4.74 Å². The summed E-state index contributed by atoms with van der Waals surface area (Å²) >= 11 is 6.06. The molecule has 25 heavy (non-hydrogen) atoms. The molecule has 0 radical (unpaired) electrons. The molecule has 0 aliphatic heterocycles. The van der Waals surface area contributed by atoms with Crippen molar-refractivity contribution in [1.82, 2.24) is 9.38 Å². The second-order valence-corrected chi connectivity index (χ2v) is 5.48. The van der Waals surface area contributed by atoms with E-state index in [1.807, 2.05) is 0 Å². The molecule has 0 atom stereocenters. The Morgan fingerprint density at radius 3 is 2.92 bits per heavy atom.